The summed E-state index contributed by atoms with van der Waals surface area (Å²) in [6.07, 6.45) is 3.64. The van der Waals surface area contributed by atoms with E-state index >= 15 is 0 Å². The number of benzene rings is 1. The van der Waals surface area contributed by atoms with Gasteiger partial charge in [-0.15, -0.1) is 0 Å². The van der Waals surface area contributed by atoms with E-state index in [4.69, 9.17) is 4.98 Å². The minimum atomic E-state index is 0.0190. The lowest BCUT2D eigenvalue weighted by molar-refractivity contribution is 0.189. The number of hydrogen-bond acceptors (Lipinski definition) is 5. The summed E-state index contributed by atoms with van der Waals surface area (Å²) < 4.78 is 1.77. The fraction of sp³-hybridized carbons (Fsp3) is 0.286. The van der Waals surface area contributed by atoms with Crippen LogP contribution in [0.25, 0.3) is 0 Å². The maximum absolute atomic E-state index is 12.9. The van der Waals surface area contributed by atoms with E-state index < -0.39 is 0 Å². The SMILES string of the molecule is Cc1ccc(N2CN(Cc3cccnc3)Cn3c2nc(C)c(C)c3=O)cc1. The zero-order valence-electron chi connectivity index (χ0n) is 15.9. The van der Waals surface area contributed by atoms with Crippen LogP contribution < -0.4 is 10.5 Å². The number of fused-ring (bicyclic) bond motifs is 1. The molecule has 1 aliphatic rings. The highest BCUT2D eigenvalue weighted by atomic mass is 16.1. The molecule has 0 atom stereocenters. The second-order valence-electron chi connectivity index (χ2n) is 7.09. The molecule has 4 rings (SSSR count). The Balaban J connectivity index is 1.78. The zero-order valence-corrected chi connectivity index (χ0v) is 15.9. The van der Waals surface area contributed by atoms with Crippen molar-refractivity contribution in [2.45, 2.75) is 34.0 Å². The summed E-state index contributed by atoms with van der Waals surface area (Å²) in [5.41, 5.74) is 4.85. The average Bonchev–Trinajstić information content (AvgIpc) is 2.68. The molecule has 6 heteroatoms. The molecule has 3 aromatic rings. The van der Waals surface area contributed by atoms with E-state index in [0.29, 0.717) is 24.8 Å². The number of aromatic nitrogens is 3. The van der Waals surface area contributed by atoms with Crippen LogP contribution in [0.2, 0.25) is 0 Å². The number of aryl methyl sites for hydroxylation is 2. The van der Waals surface area contributed by atoms with Crippen LogP contribution in [0, 0.1) is 20.8 Å². The second kappa shape index (κ2) is 6.96. The van der Waals surface area contributed by atoms with E-state index in [1.807, 2.05) is 26.1 Å². The molecule has 0 radical (unpaired) electrons. The number of anilines is 2. The molecular weight excluding hydrogens is 338 g/mol. The van der Waals surface area contributed by atoms with Gasteiger partial charge in [0.05, 0.1) is 13.3 Å². The normalized spacial score (nSPS) is 14.3. The Morgan fingerprint density at radius 2 is 1.81 bits per heavy atom. The van der Waals surface area contributed by atoms with Gasteiger partial charge in [-0.05, 0) is 44.5 Å². The van der Waals surface area contributed by atoms with Crippen LogP contribution in [0.4, 0.5) is 11.6 Å². The predicted octanol–water partition coefficient (Wildman–Crippen LogP) is 3.13. The van der Waals surface area contributed by atoms with E-state index in [2.05, 4.69) is 52.0 Å². The topological polar surface area (TPSA) is 54.3 Å². The van der Waals surface area contributed by atoms with Crippen molar-refractivity contribution in [1.82, 2.24) is 19.4 Å². The molecule has 1 aliphatic heterocycles. The predicted molar refractivity (Wildman–Crippen MR) is 106 cm³/mol. The molecule has 0 saturated carbocycles. The third kappa shape index (κ3) is 3.36. The average molecular weight is 361 g/mol. The molecule has 138 valence electrons. The number of hydrogen-bond donors (Lipinski definition) is 0. The fourth-order valence-electron chi connectivity index (χ4n) is 3.36. The van der Waals surface area contributed by atoms with Crippen LogP contribution in [-0.4, -0.2) is 26.1 Å². The molecule has 0 spiro atoms. The summed E-state index contributed by atoms with van der Waals surface area (Å²) in [6.45, 7) is 7.70. The number of nitrogens with zero attached hydrogens (tertiary/aromatic N) is 5. The summed E-state index contributed by atoms with van der Waals surface area (Å²) in [5.74, 6) is 0.703. The molecular formula is C21H23N5O. The van der Waals surface area contributed by atoms with Crippen molar-refractivity contribution in [3.8, 4) is 0 Å². The lowest BCUT2D eigenvalue weighted by atomic mass is 10.2. The van der Waals surface area contributed by atoms with Crippen LogP contribution in [0.15, 0.2) is 53.6 Å². The van der Waals surface area contributed by atoms with E-state index in [0.717, 1.165) is 23.5 Å². The van der Waals surface area contributed by atoms with E-state index in [9.17, 15) is 4.79 Å². The van der Waals surface area contributed by atoms with Crippen LogP contribution in [0.3, 0.4) is 0 Å². The minimum absolute atomic E-state index is 0.0190. The van der Waals surface area contributed by atoms with Gasteiger partial charge in [0.15, 0.2) is 0 Å². The van der Waals surface area contributed by atoms with Crippen LogP contribution in [0.1, 0.15) is 22.4 Å². The monoisotopic (exact) mass is 361 g/mol. The zero-order chi connectivity index (χ0) is 19.0. The number of rotatable bonds is 3. The molecule has 0 saturated heterocycles. The molecule has 0 amide bonds. The summed E-state index contributed by atoms with van der Waals surface area (Å²) in [4.78, 5) is 26.2. The Hall–Kier alpha value is -2.99. The van der Waals surface area contributed by atoms with Gasteiger partial charge in [-0.25, -0.2) is 4.98 Å². The highest BCUT2D eigenvalue weighted by Crippen LogP contribution is 2.28. The Morgan fingerprint density at radius 3 is 2.52 bits per heavy atom. The summed E-state index contributed by atoms with van der Waals surface area (Å²) >= 11 is 0. The van der Waals surface area contributed by atoms with Crippen molar-refractivity contribution < 1.29 is 0 Å². The number of pyridine rings is 1. The largest absolute Gasteiger partial charge is 0.298 e. The summed E-state index contributed by atoms with van der Waals surface area (Å²) in [5, 5.41) is 0. The third-order valence-corrected chi connectivity index (χ3v) is 5.02. The van der Waals surface area contributed by atoms with Crippen molar-refractivity contribution in [2.24, 2.45) is 0 Å². The molecule has 6 nitrogen and oxygen atoms in total. The summed E-state index contributed by atoms with van der Waals surface area (Å²) in [7, 11) is 0. The molecule has 0 bridgehead atoms. The lowest BCUT2D eigenvalue weighted by Crippen LogP contribution is -2.47. The standard InChI is InChI=1S/C21H23N5O/c1-15-6-8-19(9-7-15)25-13-24(12-18-5-4-10-22-11-18)14-26-20(27)16(2)17(3)23-21(25)26/h4-11H,12-14H2,1-3H3. The first-order chi connectivity index (χ1) is 13.0. The molecule has 0 fully saturated rings. The Labute approximate surface area is 158 Å². The van der Waals surface area contributed by atoms with Gasteiger partial charge >= 0.3 is 0 Å². The lowest BCUT2D eigenvalue weighted by Gasteiger charge is -2.38. The Kier molecular flexibility index (Phi) is 4.49. The molecule has 0 N–H and O–H groups in total. The molecule has 27 heavy (non-hydrogen) atoms. The van der Waals surface area contributed by atoms with Gasteiger partial charge < -0.3 is 0 Å². The summed E-state index contributed by atoms with van der Waals surface area (Å²) in [6, 6.07) is 12.3. The van der Waals surface area contributed by atoms with Crippen LogP contribution in [0.5, 0.6) is 0 Å². The quantitative estimate of drug-likeness (QED) is 0.717. The molecule has 0 unspecified atom stereocenters. The van der Waals surface area contributed by atoms with Gasteiger partial charge in [-0.1, -0.05) is 23.8 Å². The maximum Gasteiger partial charge on any atom is 0.259 e. The van der Waals surface area contributed by atoms with Crippen molar-refractivity contribution >= 4 is 11.6 Å². The van der Waals surface area contributed by atoms with Gasteiger partial charge in [0.2, 0.25) is 5.95 Å². The van der Waals surface area contributed by atoms with Gasteiger partial charge in [-0.2, -0.15) is 0 Å². The van der Waals surface area contributed by atoms with E-state index in [1.165, 1.54) is 5.56 Å². The van der Waals surface area contributed by atoms with E-state index in [1.54, 1.807) is 10.8 Å². The highest BCUT2D eigenvalue weighted by molar-refractivity contribution is 5.58. The van der Waals surface area contributed by atoms with Crippen molar-refractivity contribution in [1.29, 1.82) is 0 Å². The van der Waals surface area contributed by atoms with Gasteiger partial charge in [-0.3, -0.25) is 24.1 Å². The highest BCUT2D eigenvalue weighted by Gasteiger charge is 2.27. The maximum atomic E-state index is 12.9. The van der Waals surface area contributed by atoms with Gasteiger partial charge in [0, 0.05) is 35.9 Å². The molecule has 1 aromatic carbocycles. The van der Waals surface area contributed by atoms with Crippen molar-refractivity contribution in [3.05, 3.63) is 81.5 Å². The molecule has 3 heterocycles. The Bertz CT molecular complexity index is 1010. The third-order valence-electron chi connectivity index (χ3n) is 5.02. The smallest absolute Gasteiger partial charge is 0.259 e. The van der Waals surface area contributed by atoms with Gasteiger partial charge in [0.25, 0.3) is 5.56 Å². The fourth-order valence-corrected chi connectivity index (χ4v) is 3.36. The van der Waals surface area contributed by atoms with Gasteiger partial charge in [0.1, 0.15) is 0 Å². The molecule has 2 aromatic heterocycles. The first-order valence-electron chi connectivity index (χ1n) is 9.06. The van der Waals surface area contributed by atoms with Crippen LogP contribution in [-0.2, 0) is 13.2 Å². The van der Waals surface area contributed by atoms with Crippen LogP contribution >= 0.6 is 0 Å². The van der Waals surface area contributed by atoms with Crippen molar-refractivity contribution in [3.63, 3.8) is 0 Å². The Morgan fingerprint density at radius 1 is 1.04 bits per heavy atom. The minimum Gasteiger partial charge on any atom is -0.298 e. The second-order valence-corrected chi connectivity index (χ2v) is 7.09. The molecule has 0 aliphatic carbocycles. The first-order valence-corrected chi connectivity index (χ1v) is 9.06. The first kappa shape index (κ1) is 17.4. The van der Waals surface area contributed by atoms with E-state index in [-0.39, 0.29) is 5.56 Å². The van der Waals surface area contributed by atoms with Crippen molar-refractivity contribution in [2.75, 3.05) is 11.6 Å².